The predicted octanol–water partition coefficient (Wildman–Crippen LogP) is 0.0418. The van der Waals surface area contributed by atoms with Crippen molar-refractivity contribution in [2.75, 3.05) is 33.2 Å². The highest BCUT2D eigenvalue weighted by Gasteiger charge is 2.18. The molecule has 1 aliphatic rings. The highest BCUT2D eigenvalue weighted by Crippen LogP contribution is 2.10. The van der Waals surface area contributed by atoms with Crippen molar-refractivity contribution in [3.8, 4) is 0 Å². The average molecular weight is 324 g/mol. The first-order valence-electron chi connectivity index (χ1n) is 7.79. The van der Waals surface area contributed by atoms with Gasteiger partial charge in [0.25, 0.3) is 0 Å². The van der Waals surface area contributed by atoms with Gasteiger partial charge in [-0.25, -0.2) is 4.79 Å². The van der Waals surface area contributed by atoms with Crippen LogP contribution >= 0.6 is 0 Å². The summed E-state index contributed by atoms with van der Waals surface area (Å²) >= 11 is 0. The lowest BCUT2D eigenvalue weighted by Crippen LogP contribution is -2.41. The van der Waals surface area contributed by atoms with Gasteiger partial charge in [0, 0.05) is 20.1 Å². The van der Waals surface area contributed by atoms with Crippen molar-refractivity contribution in [3.05, 3.63) is 11.7 Å². The first-order chi connectivity index (χ1) is 11.0. The Hall–Kier alpha value is -2.16. The van der Waals surface area contributed by atoms with Crippen molar-refractivity contribution in [1.29, 1.82) is 0 Å². The number of amides is 3. The van der Waals surface area contributed by atoms with E-state index in [0.29, 0.717) is 12.5 Å². The van der Waals surface area contributed by atoms with Gasteiger partial charge < -0.3 is 25.4 Å². The molecule has 3 amide bonds. The number of rotatable bonds is 7. The van der Waals surface area contributed by atoms with Gasteiger partial charge in [0.05, 0.1) is 6.54 Å². The molecule has 1 aromatic heterocycles. The third-order valence-corrected chi connectivity index (χ3v) is 3.78. The standard InChI is InChI=1S/C14H24N6O3/c1-10(9-20-5-3-4-6-20)8-19(2)14(22)16-7-11-17-13(12(15)21)23-18-11/h10H,3-9H2,1-2H3,(H2,15,21)(H,16,22)/t10-/m1/s1. The molecule has 0 unspecified atom stereocenters. The summed E-state index contributed by atoms with van der Waals surface area (Å²) in [6, 6.07) is -0.219. The highest BCUT2D eigenvalue weighted by atomic mass is 16.5. The molecule has 2 heterocycles. The molecule has 1 fully saturated rings. The van der Waals surface area contributed by atoms with Crippen molar-refractivity contribution >= 4 is 11.9 Å². The molecule has 1 atom stereocenters. The number of aromatic nitrogens is 2. The number of nitrogens with two attached hydrogens (primary N) is 1. The van der Waals surface area contributed by atoms with E-state index in [2.05, 4.69) is 31.8 Å². The summed E-state index contributed by atoms with van der Waals surface area (Å²) in [5.74, 6) is -0.439. The van der Waals surface area contributed by atoms with Crippen LogP contribution in [0.15, 0.2) is 4.52 Å². The molecular formula is C14H24N6O3. The minimum absolute atomic E-state index is 0.0838. The van der Waals surface area contributed by atoms with E-state index < -0.39 is 5.91 Å². The Balaban J connectivity index is 1.72. The summed E-state index contributed by atoms with van der Waals surface area (Å²) in [6.45, 7) is 6.20. The van der Waals surface area contributed by atoms with Crippen LogP contribution in [0.5, 0.6) is 0 Å². The summed E-state index contributed by atoms with van der Waals surface area (Å²) in [6.07, 6.45) is 2.53. The number of urea groups is 1. The molecular weight excluding hydrogens is 300 g/mol. The molecule has 128 valence electrons. The second kappa shape index (κ2) is 7.91. The Kier molecular flexibility index (Phi) is 5.91. The maximum atomic E-state index is 12.1. The topological polar surface area (TPSA) is 118 Å². The Labute approximate surface area is 135 Å². The van der Waals surface area contributed by atoms with Crippen LogP contribution in [0.25, 0.3) is 0 Å². The fraction of sp³-hybridized carbons (Fsp3) is 0.714. The van der Waals surface area contributed by atoms with Crippen LogP contribution in [0.4, 0.5) is 4.79 Å². The summed E-state index contributed by atoms with van der Waals surface area (Å²) in [4.78, 5) is 30.7. The fourth-order valence-corrected chi connectivity index (χ4v) is 2.73. The third kappa shape index (κ3) is 5.20. The van der Waals surface area contributed by atoms with E-state index in [9.17, 15) is 9.59 Å². The van der Waals surface area contributed by atoms with Crippen LogP contribution in [-0.4, -0.2) is 65.1 Å². The largest absolute Gasteiger partial charge is 0.361 e. The van der Waals surface area contributed by atoms with E-state index in [1.807, 2.05) is 0 Å². The van der Waals surface area contributed by atoms with Crippen molar-refractivity contribution in [2.24, 2.45) is 11.7 Å². The SMILES string of the molecule is C[C@@H](CN1CCCC1)CN(C)C(=O)NCc1noc(C(N)=O)n1. The molecule has 3 N–H and O–H groups in total. The Morgan fingerprint density at radius 3 is 2.74 bits per heavy atom. The van der Waals surface area contributed by atoms with Crippen molar-refractivity contribution in [2.45, 2.75) is 26.3 Å². The van der Waals surface area contributed by atoms with E-state index >= 15 is 0 Å². The molecule has 1 saturated heterocycles. The van der Waals surface area contributed by atoms with Crippen molar-refractivity contribution in [3.63, 3.8) is 0 Å². The van der Waals surface area contributed by atoms with Gasteiger partial charge in [0.2, 0.25) is 0 Å². The minimum Gasteiger partial charge on any atom is -0.361 e. The number of hydrogen-bond acceptors (Lipinski definition) is 6. The van der Waals surface area contributed by atoms with Gasteiger partial charge in [-0.05, 0) is 31.8 Å². The molecule has 1 aromatic rings. The molecule has 9 heteroatoms. The lowest BCUT2D eigenvalue weighted by atomic mass is 10.1. The van der Waals surface area contributed by atoms with Gasteiger partial charge in [-0.2, -0.15) is 4.98 Å². The number of hydrogen-bond donors (Lipinski definition) is 2. The van der Waals surface area contributed by atoms with Gasteiger partial charge in [-0.15, -0.1) is 0 Å². The number of carbonyl (C=O) groups excluding carboxylic acids is 2. The van der Waals surface area contributed by atoms with E-state index in [4.69, 9.17) is 5.73 Å². The monoisotopic (exact) mass is 324 g/mol. The first kappa shape index (κ1) is 17.2. The molecule has 0 bridgehead atoms. The van der Waals surface area contributed by atoms with Gasteiger partial charge in [-0.1, -0.05) is 12.1 Å². The van der Waals surface area contributed by atoms with E-state index in [-0.39, 0.29) is 24.3 Å². The van der Waals surface area contributed by atoms with Crippen LogP contribution in [0.2, 0.25) is 0 Å². The molecule has 0 aromatic carbocycles. The van der Waals surface area contributed by atoms with Gasteiger partial charge >= 0.3 is 17.8 Å². The van der Waals surface area contributed by atoms with Gasteiger partial charge in [0.15, 0.2) is 5.82 Å². The second-order valence-electron chi connectivity index (χ2n) is 6.03. The molecule has 2 rings (SSSR count). The van der Waals surface area contributed by atoms with Gasteiger partial charge in [0.1, 0.15) is 0 Å². The third-order valence-electron chi connectivity index (χ3n) is 3.78. The second-order valence-corrected chi connectivity index (χ2v) is 6.03. The first-order valence-corrected chi connectivity index (χ1v) is 7.79. The van der Waals surface area contributed by atoms with E-state index in [1.54, 1.807) is 11.9 Å². The van der Waals surface area contributed by atoms with Crippen LogP contribution in [0.1, 0.15) is 36.3 Å². The quantitative estimate of drug-likeness (QED) is 0.731. The average Bonchev–Trinajstić information content (AvgIpc) is 3.15. The fourth-order valence-electron chi connectivity index (χ4n) is 2.73. The zero-order valence-corrected chi connectivity index (χ0v) is 13.6. The van der Waals surface area contributed by atoms with Crippen LogP contribution in [-0.2, 0) is 6.54 Å². The number of carbonyl (C=O) groups is 2. The number of likely N-dealkylation sites (tertiary alicyclic amines) is 1. The Morgan fingerprint density at radius 1 is 1.43 bits per heavy atom. The van der Waals surface area contributed by atoms with E-state index in [1.165, 1.54) is 12.8 Å². The number of nitrogens with zero attached hydrogens (tertiary/aromatic N) is 4. The van der Waals surface area contributed by atoms with Crippen LogP contribution < -0.4 is 11.1 Å². The molecule has 1 aliphatic heterocycles. The Morgan fingerprint density at radius 2 is 2.13 bits per heavy atom. The summed E-state index contributed by atoms with van der Waals surface area (Å²) in [7, 11) is 1.75. The molecule has 9 nitrogen and oxygen atoms in total. The summed E-state index contributed by atoms with van der Waals surface area (Å²) < 4.78 is 4.65. The smallest absolute Gasteiger partial charge is 0.317 e. The molecule has 0 saturated carbocycles. The maximum absolute atomic E-state index is 12.1. The number of nitrogens with one attached hydrogen (secondary N) is 1. The molecule has 0 aliphatic carbocycles. The lowest BCUT2D eigenvalue weighted by molar-refractivity contribution is 0.0958. The van der Waals surface area contributed by atoms with Crippen LogP contribution in [0, 0.1) is 5.92 Å². The summed E-state index contributed by atoms with van der Waals surface area (Å²) in [5.41, 5.74) is 5.02. The molecule has 23 heavy (non-hydrogen) atoms. The van der Waals surface area contributed by atoms with Crippen molar-refractivity contribution < 1.29 is 14.1 Å². The molecule has 0 spiro atoms. The normalized spacial score (nSPS) is 16.3. The highest BCUT2D eigenvalue weighted by molar-refractivity contribution is 5.87. The maximum Gasteiger partial charge on any atom is 0.317 e. The predicted molar refractivity (Wildman–Crippen MR) is 82.5 cm³/mol. The van der Waals surface area contributed by atoms with Crippen molar-refractivity contribution in [1.82, 2.24) is 25.3 Å². The zero-order chi connectivity index (χ0) is 16.8. The zero-order valence-electron chi connectivity index (χ0n) is 13.6. The molecule has 0 radical (unpaired) electrons. The minimum atomic E-state index is -0.789. The number of primary amides is 1. The van der Waals surface area contributed by atoms with E-state index in [0.717, 1.165) is 19.6 Å². The Bertz CT molecular complexity index is 540. The van der Waals surface area contributed by atoms with Crippen LogP contribution in [0.3, 0.4) is 0 Å². The summed E-state index contributed by atoms with van der Waals surface area (Å²) in [5, 5.41) is 6.26. The van der Waals surface area contributed by atoms with Gasteiger partial charge in [-0.3, -0.25) is 4.79 Å². The lowest BCUT2D eigenvalue weighted by Gasteiger charge is -2.25.